The first-order valence-electron chi connectivity index (χ1n) is 7.21. The van der Waals surface area contributed by atoms with Gasteiger partial charge in [0.2, 0.25) is 0 Å². The van der Waals surface area contributed by atoms with E-state index in [1.54, 1.807) is 12.1 Å². The van der Waals surface area contributed by atoms with Crippen molar-refractivity contribution in [3.63, 3.8) is 0 Å². The second-order valence-corrected chi connectivity index (χ2v) is 5.52. The van der Waals surface area contributed by atoms with Gasteiger partial charge in [-0.2, -0.15) is 8.78 Å². The van der Waals surface area contributed by atoms with E-state index in [0.29, 0.717) is 12.6 Å². The SMILES string of the molecule is CC1CN(C)CCN1C(CN)c1ccccc1OC(F)F. The van der Waals surface area contributed by atoms with Crippen molar-refractivity contribution in [1.29, 1.82) is 0 Å². The van der Waals surface area contributed by atoms with Crippen LogP contribution < -0.4 is 10.5 Å². The van der Waals surface area contributed by atoms with Gasteiger partial charge in [-0.05, 0) is 20.0 Å². The van der Waals surface area contributed by atoms with E-state index in [1.807, 2.05) is 12.1 Å². The van der Waals surface area contributed by atoms with Crippen molar-refractivity contribution in [1.82, 2.24) is 9.80 Å². The summed E-state index contributed by atoms with van der Waals surface area (Å²) in [4.78, 5) is 4.53. The highest BCUT2D eigenvalue weighted by atomic mass is 19.3. The minimum absolute atomic E-state index is 0.108. The molecular formula is C15H23F2N3O. The monoisotopic (exact) mass is 299 g/mol. The number of nitrogens with zero attached hydrogens (tertiary/aromatic N) is 2. The predicted molar refractivity (Wildman–Crippen MR) is 78.5 cm³/mol. The molecule has 2 rings (SSSR count). The highest BCUT2D eigenvalue weighted by Gasteiger charge is 2.30. The maximum absolute atomic E-state index is 12.6. The molecule has 0 saturated carbocycles. The van der Waals surface area contributed by atoms with Crippen LogP contribution in [0.1, 0.15) is 18.5 Å². The zero-order valence-electron chi connectivity index (χ0n) is 12.5. The molecule has 1 aromatic rings. The molecule has 1 aliphatic rings. The lowest BCUT2D eigenvalue weighted by Gasteiger charge is -2.43. The lowest BCUT2D eigenvalue weighted by molar-refractivity contribution is -0.0516. The highest BCUT2D eigenvalue weighted by molar-refractivity contribution is 5.36. The smallest absolute Gasteiger partial charge is 0.387 e. The summed E-state index contributed by atoms with van der Waals surface area (Å²) in [5.41, 5.74) is 6.67. The lowest BCUT2D eigenvalue weighted by Crippen LogP contribution is -2.52. The Kier molecular flexibility index (Phi) is 5.50. The molecule has 0 bridgehead atoms. The van der Waals surface area contributed by atoms with Gasteiger partial charge in [-0.15, -0.1) is 0 Å². The summed E-state index contributed by atoms with van der Waals surface area (Å²) in [6.07, 6.45) is 0. The van der Waals surface area contributed by atoms with Crippen LogP contribution in [0.4, 0.5) is 8.78 Å². The molecule has 0 aromatic heterocycles. The van der Waals surface area contributed by atoms with E-state index in [1.165, 1.54) is 0 Å². The first kappa shape index (κ1) is 16.1. The molecule has 1 aliphatic heterocycles. The van der Waals surface area contributed by atoms with Crippen LogP contribution in [0.5, 0.6) is 5.75 Å². The number of nitrogens with two attached hydrogens (primary N) is 1. The number of ether oxygens (including phenoxy) is 1. The van der Waals surface area contributed by atoms with E-state index in [4.69, 9.17) is 5.73 Å². The molecule has 21 heavy (non-hydrogen) atoms. The molecule has 1 saturated heterocycles. The Morgan fingerprint density at radius 3 is 2.67 bits per heavy atom. The summed E-state index contributed by atoms with van der Waals surface area (Å²) in [5.74, 6) is 0.217. The zero-order valence-corrected chi connectivity index (χ0v) is 12.5. The summed E-state index contributed by atoms with van der Waals surface area (Å²) >= 11 is 0. The van der Waals surface area contributed by atoms with Crippen LogP contribution in [0.15, 0.2) is 24.3 Å². The number of benzene rings is 1. The molecule has 2 atom stereocenters. The third kappa shape index (κ3) is 3.90. The maximum atomic E-state index is 12.6. The van der Waals surface area contributed by atoms with Crippen molar-refractivity contribution in [2.75, 3.05) is 33.2 Å². The Labute approximate surface area is 124 Å². The Hall–Kier alpha value is -1.24. The van der Waals surface area contributed by atoms with Gasteiger partial charge in [-0.3, -0.25) is 4.90 Å². The van der Waals surface area contributed by atoms with Crippen molar-refractivity contribution in [2.24, 2.45) is 5.73 Å². The third-order valence-corrected chi connectivity index (χ3v) is 4.00. The van der Waals surface area contributed by atoms with Gasteiger partial charge in [-0.1, -0.05) is 18.2 Å². The normalized spacial score (nSPS) is 22.5. The second kappa shape index (κ2) is 7.15. The van der Waals surface area contributed by atoms with Gasteiger partial charge in [0.25, 0.3) is 0 Å². The topological polar surface area (TPSA) is 41.7 Å². The first-order chi connectivity index (χ1) is 10.0. The van der Waals surface area contributed by atoms with E-state index >= 15 is 0 Å². The van der Waals surface area contributed by atoms with Crippen LogP contribution in [0.25, 0.3) is 0 Å². The molecule has 0 radical (unpaired) electrons. The number of halogens is 2. The molecule has 1 heterocycles. The van der Waals surface area contributed by atoms with Crippen LogP contribution in [0, 0.1) is 0 Å². The molecular weight excluding hydrogens is 276 g/mol. The van der Waals surface area contributed by atoms with Gasteiger partial charge < -0.3 is 15.4 Å². The molecule has 0 amide bonds. The average Bonchev–Trinajstić information content (AvgIpc) is 2.43. The van der Waals surface area contributed by atoms with Crippen molar-refractivity contribution in [2.45, 2.75) is 25.6 Å². The van der Waals surface area contributed by atoms with Crippen LogP contribution in [0.3, 0.4) is 0 Å². The summed E-state index contributed by atoms with van der Waals surface area (Å²) in [6, 6.07) is 7.13. The molecule has 118 valence electrons. The van der Waals surface area contributed by atoms with E-state index in [2.05, 4.69) is 28.5 Å². The molecule has 0 aliphatic carbocycles. The standard InChI is InChI=1S/C15H23F2N3O/c1-11-10-19(2)7-8-20(11)13(9-18)12-5-3-4-6-14(12)21-15(16)17/h3-6,11,13,15H,7-10,18H2,1-2H3. The number of likely N-dealkylation sites (N-methyl/N-ethyl adjacent to an activating group) is 1. The average molecular weight is 299 g/mol. The third-order valence-electron chi connectivity index (χ3n) is 4.00. The quantitative estimate of drug-likeness (QED) is 0.902. The Bertz CT molecular complexity index is 458. The lowest BCUT2D eigenvalue weighted by atomic mass is 10.0. The summed E-state index contributed by atoms with van der Waals surface area (Å²) < 4.78 is 29.8. The molecule has 6 heteroatoms. The zero-order chi connectivity index (χ0) is 15.4. The number of para-hydroxylation sites is 1. The number of hydrogen-bond donors (Lipinski definition) is 1. The van der Waals surface area contributed by atoms with Crippen molar-refractivity contribution < 1.29 is 13.5 Å². The number of hydrogen-bond acceptors (Lipinski definition) is 4. The largest absolute Gasteiger partial charge is 0.434 e. The Morgan fingerprint density at radius 2 is 2.05 bits per heavy atom. The highest BCUT2D eigenvalue weighted by Crippen LogP contribution is 2.32. The van der Waals surface area contributed by atoms with Gasteiger partial charge in [-0.25, -0.2) is 0 Å². The molecule has 2 N–H and O–H groups in total. The van der Waals surface area contributed by atoms with Gasteiger partial charge in [0, 0.05) is 37.8 Å². The fourth-order valence-electron chi connectivity index (χ4n) is 3.02. The fraction of sp³-hybridized carbons (Fsp3) is 0.600. The van der Waals surface area contributed by atoms with Crippen LogP contribution in [-0.4, -0.2) is 55.7 Å². The maximum Gasteiger partial charge on any atom is 0.387 e. The molecule has 4 nitrogen and oxygen atoms in total. The molecule has 0 spiro atoms. The predicted octanol–water partition coefficient (Wildman–Crippen LogP) is 1.92. The number of alkyl halides is 2. The van der Waals surface area contributed by atoms with Crippen molar-refractivity contribution in [3.05, 3.63) is 29.8 Å². The van der Waals surface area contributed by atoms with Crippen molar-refractivity contribution >= 4 is 0 Å². The van der Waals surface area contributed by atoms with Crippen LogP contribution >= 0.6 is 0 Å². The van der Waals surface area contributed by atoms with Gasteiger partial charge in [0.05, 0.1) is 6.04 Å². The number of rotatable bonds is 5. The van der Waals surface area contributed by atoms with Crippen LogP contribution in [0.2, 0.25) is 0 Å². The Morgan fingerprint density at radius 1 is 1.33 bits per heavy atom. The van der Waals surface area contributed by atoms with Gasteiger partial charge in [0.1, 0.15) is 5.75 Å². The van der Waals surface area contributed by atoms with E-state index < -0.39 is 6.61 Å². The number of piperazine rings is 1. The summed E-state index contributed by atoms with van der Waals surface area (Å²) in [5, 5.41) is 0. The first-order valence-corrected chi connectivity index (χ1v) is 7.21. The second-order valence-electron chi connectivity index (χ2n) is 5.52. The Balaban J connectivity index is 2.25. The van der Waals surface area contributed by atoms with Crippen LogP contribution in [-0.2, 0) is 0 Å². The van der Waals surface area contributed by atoms with E-state index in [-0.39, 0.29) is 11.8 Å². The van der Waals surface area contributed by atoms with Crippen molar-refractivity contribution in [3.8, 4) is 5.75 Å². The summed E-state index contributed by atoms with van der Waals surface area (Å²) in [6.45, 7) is 2.43. The molecule has 1 aromatic carbocycles. The molecule has 2 unspecified atom stereocenters. The van der Waals surface area contributed by atoms with Gasteiger partial charge >= 0.3 is 6.61 Å². The fourth-order valence-corrected chi connectivity index (χ4v) is 3.02. The minimum atomic E-state index is -2.82. The van der Waals surface area contributed by atoms with Gasteiger partial charge in [0.15, 0.2) is 0 Å². The molecule has 1 fully saturated rings. The van der Waals surface area contributed by atoms with E-state index in [0.717, 1.165) is 25.2 Å². The van der Waals surface area contributed by atoms with E-state index in [9.17, 15) is 8.78 Å². The summed E-state index contributed by atoms with van der Waals surface area (Å²) in [7, 11) is 2.08. The minimum Gasteiger partial charge on any atom is -0.434 e.